The highest BCUT2D eigenvalue weighted by molar-refractivity contribution is 7.07. The lowest BCUT2D eigenvalue weighted by Gasteiger charge is -2.12. The smallest absolute Gasteiger partial charge is 0.257 e. The van der Waals surface area contributed by atoms with Crippen molar-refractivity contribution < 1.29 is 8.78 Å². The molecule has 0 aliphatic rings. The second-order valence-electron chi connectivity index (χ2n) is 2.16. The highest BCUT2D eigenvalue weighted by Gasteiger charge is 2.19. The van der Waals surface area contributed by atoms with E-state index >= 15 is 0 Å². The van der Waals surface area contributed by atoms with Crippen LogP contribution in [0.5, 0.6) is 0 Å². The number of nitrogens with one attached hydrogen (secondary N) is 1. The Hall–Kier alpha value is -0.480. The molecular weight excluding hydrogens is 168 g/mol. The lowest BCUT2D eigenvalue weighted by molar-refractivity contribution is 0.102. The van der Waals surface area contributed by atoms with Crippen molar-refractivity contribution in [3.8, 4) is 0 Å². The summed E-state index contributed by atoms with van der Waals surface area (Å²) >= 11 is 1.43. The van der Waals surface area contributed by atoms with E-state index in [2.05, 4.69) is 5.32 Å². The second-order valence-corrected chi connectivity index (χ2v) is 2.94. The molecule has 0 aliphatic carbocycles. The highest BCUT2D eigenvalue weighted by Crippen LogP contribution is 2.21. The van der Waals surface area contributed by atoms with Crippen molar-refractivity contribution in [2.45, 2.75) is 12.5 Å². The summed E-state index contributed by atoms with van der Waals surface area (Å²) in [6.07, 6.45) is -2.34. The van der Waals surface area contributed by atoms with E-state index in [-0.39, 0.29) is 0 Å². The van der Waals surface area contributed by atoms with E-state index in [0.29, 0.717) is 5.56 Å². The molecule has 1 rings (SSSR count). The molecule has 0 aromatic carbocycles. The van der Waals surface area contributed by atoms with E-state index in [0.717, 1.165) is 0 Å². The van der Waals surface area contributed by atoms with Gasteiger partial charge in [-0.2, -0.15) is 11.3 Å². The van der Waals surface area contributed by atoms with Gasteiger partial charge in [-0.05, 0) is 29.4 Å². The molecule has 4 heteroatoms. The van der Waals surface area contributed by atoms with Crippen LogP contribution in [0.15, 0.2) is 16.8 Å². The van der Waals surface area contributed by atoms with Gasteiger partial charge in [0.25, 0.3) is 6.43 Å². The molecule has 0 bridgehead atoms. The quantitative estimate of drug-likeness (QED) is 0.746. The molecule has 62 valence electrons. The molecule has 1 heterocycles. The molecule has 0 fully saturated rings. The molecule has 0 aliphatic heterocycles. The minimum Gasteiger partial charge on any atom is -0.308 e. The Morgan fingerprint density at radius 3 is 2.64 bits per heavy atom. The molecule has 0 saturated heterocycles. The van der Waals surface area contributed by atoms with Gasteiger partial charge in [0.05, 0.1) is 6.04 Å². The third-order valence-electron chi connectivity index (χ3n) is 1.47. The van der Waals surface area contributed by atoms with Crippen LogP contribution < -0.4 is 5.32 Å². The van der Waals surface area contributed by atoms with Crippen molar-refractivity contribution in [1.29, 1.82) is 0 Å². The third-order valence-corrected chi connectivity index (χ3v) is 2.17. The average Bonchev–Trinajstić information content (AvgIpc) is 2.40. The zero-order chi connectivity index (χ0) is 8.27. The monoisotopic (exact) mass is 177 g/mol. The number of thiophene rings is 1. The summed E-state index contributed by atoms with van der Waals surface area (Å²) in [6, 6.07) is 0.888. The molecule has 0 spiro atoms. The normalized spacial score (nSPS) is 13.8. The van der Waals surface area contributed by atoms with Crippen molar-refractivity contribution in [3.05, 3.63) is 22.4 Å². The van der Waals surface area contributed by atoms with Crippen LogP contribution in [-0.4, -0.2) is 13.5 Å². The fraction of sp³-hybridized carbons (Fsp3) is 0.429. The molecule has 1 unspecified atom stereocenters. The zero-order valence-electron chi connectivity index (χ0n) is 6.05. The summed E-state index contributed by atoms with van der Waals surface area (Å²) in [5.41, 5.74) is 0.660. The summed E-state index contributed by atoms with van der Waals surface area (Å²) in [5.74, 6) is 0. The van der Waals surface area contributed by atoms with E-state index < -0.39 is 12.5 Å². The predicted octanol–water partition coefficient (Wildman–Crippen LogP) is 2.27. The van der Waals surface area contributed by atoms with Crippen molar-refractivity contribution >= 4 is 11.3 Å². The van der Waals surface area contributed by atoms with Crippen molar-refractivity contribution in [1.82, 2.24) is 5.32 Å². The zero-order valence-corrected chi connectivity index (χ0v) is 6.87. The fourth-order valence-corrected chi connectivity index (χ4v) is 1.59. The Morgan fingerprint density at radius 1 is 1.55 bits per heavy atom. The van der Waals surface area contributed by atoms with Gasteiger partial charge in [-0.25, -0.2) is 8.78 Å². The summed E-state index contributed by atoms with van der Waals surface area (Å²) in [4.78, 5) is 0. The molecule has 0 saturated carbocycles. The lowest BCUT2D eigenvalue weighted by Crippen LogP contribution is -2.22. The number of alkyl halides is 2. The minimum atomic E-state index is -2.34. The maximum Gasteiger partial charge on any atom is 0.257 e. The van der Waals surface area contributed by atoms with Crippen molar-refractivity contribution in [2.24, 2.45) is 0 Å². The Labute approximate surface area is 68.0 Å². The van der Waals surface area contributed by atoms with Crippen molar-refractivity contribution in [3.63, 3.8) is 0 Å². The van der Waals surface area contributed by atoms with Crippen LogP contribution in [-0.2, 0) is 0 Å². The van der Waals surface area contributed by atoms with Crippen LogP contribution in [0.2, 0.25) is 0 Å². The van der Waals surface area contributed by atoms with E-state index in [1.807, 2.05) is 0 Å². The number of hydrogen-bond acceptors (Lipinski definition) is 2. The average molecular weight is 177 g/mol. The van der Waals surface area contributed by atoms with Gasteiger partial charge in [0.2, 0.25) is 0 Å². The van der Waals surface area contributed by atoms with Gasteiger partial charge in [0.15, 0.2) is 0 Å². The number of halogens is 2. The van der Waals surface area contributed by atoms with Crippen LogP contribution in [0.4, 0.5) is 8.78 Å². The molecule has 0 radical (unpaired) electrons. The maximum absolute atomic E-state index is 12.2. The topological polar surface area (TPSA) is 12.0 Å². The first-order valence-electron chi connectivity index (χ1n) is 3.23. The van der Waals surface area contributed by atoms with Crippen LogP contribution in [0.1, 0.15) is 11.6 Å². The maximum atomic E-state index is 12.2. The molecule has 1 aromatic rings. The summed E-state index contributed by atoms with van der Waals surface area (Å²) in [5, 5.41) is 6.08. The molecule has 11 heavy (non-hydrogen) atoms. The van der Waals surface area contributed by atoms with Gasteiger partial charge in [-0.15, -0.1) is 0 Å². The lowest BCUT2D eigenvalue weighted by atomic mass is 10.2. The summed E-state index contributed by atoms with van der Waals surface area (Å²) in [6.45, 7) is 0. The largest absolute Gasteiger partial charge is 0.308 e. The number of rotatable bonds is 3. The first kappa shape index (κ1) is 8.62. The second kappa shape index (κ2) is 3.78. The van der Waals surface area contributed by atoms with E-state index in [4.69, 9.17) is 0 Å². The summed E-state index contributed by atoms with van der Waals surface area (Å²) in [7, 11) is 1.54. The van der Waals surface area contributed by atoms with Gasteiger partial charge in [0, 0.05) is 0 Å². The van der Waals surface area contributed by atoms with Gasteiger partial charge in [0.1, 0.15) is 0 Å². The number of hydrogen-bond donors (Lipinski definition) is 1. The molecule has 0 amide bonds. The van der Waals surface area contributed by atoms with Crippen LogP contribution in [0.25, 0.3) is 0 Å². The summed E-state index contributed by atoms with van der Waals surface area (Å²) < 4.78 is 24.4. The van der Waals surface area contributed by atoms with Gasteiger partial charge in [-0.1, -0.05) is 0 Å². The Morgan fingerprint density at radius 2 is 2.27 bits per heavy atom. The Balaban J connectivity index is 2.71. The minimum absolute atomic E-state index is 0.660. The standard InChI is InChI=1S/C7H9F2NS/c1-10-6(7(8)9)5-2-3-11-4-5/h2-4,6-7,10H,1H3. The van der Waals surface area contributed by atoms with E-state index in [1.165, 1.54) is 18.4 Å². The predicted molar refractivity (Wildman–Crippen MR) is 42.1 cm³/mol. The molecule has 1 aromatic heterocycles. The first-order valence-corrected chi connectivity index (χ1v) is 4.17. The van der Waals surface area contributed by atoms with Gasteiger partial charge < -0.3 is 5.32 Å². The highest BCUT2D eigenvalue weighted by atomic mass is 32.1. The van der Waals surface area contributed by atoms with Gasteiger partial charge >= 0.3 is 0 Å². The van der Waals surface area contributed by atoms with E-state index in [9.17, 15) is 8.78 Å². The molecule has 1 atom stereocenters. The van der Waals surface area contributed by atoms with Crippen LogP contribution in [0.3, 0.4) is 0 Å². The molecule has 1 N–H and O–H groups in total. The SMILES string of the molecule is CNC(c1ccsc1)C(F)F. The van der Waals surface area contributed by atoms with Crippen LogP contribution in [0, 0.1) is 0 Å². The van der Waals surface area contributed by atoms with Gasteiger partial charge in [-0.3, -0.25) is 0 Å². The van der Waals surface area contributed by atoms with Crippen LogP contribution >= 0.6 is 11.3 Å². The third kappa shape index (κ3) is 1.97. The Bertz CT molecular complexity index is 198. The molecule has 1 nitrogen and oxygen atoms in total. The Kier molecular flexibility index (Phi) is 2.96. The fourth-order valence-electron chi connectivity index (χ4n) is 0.890. The molecular formula is C7H9F2NS. The first-order chi connectivity index (χ1) is 5.25. The van der Waals surface area contributed by atoms with E-state index in [1.54, 1.807) is 16.8 Å². The van der Waals surface area contributed by atoms with Crippen molar-refractivity contribution in [2.75, 3.05) is 7.05 Å².